The van der Waals surface area contributed by atoms with Crippen molar-refractivity contribution in [2.75, 3.05) is 6.54 Å². The van der Waals surface area contributed by atoms with E-state index >= 15 is 0 Å². The highest BCUT2D eigenvalue weighted by atomic mass is 35.5. The van der Waals surface area contributed by atoms with Gasteiger partial charge in [-0.05, 0) is 39.3 Å². The Kier molecular flexibility index (Phi) is 2.75. The maximum absolute atomic E-state index is 6.23. The molecule has 2 rings (SSSR count). The fourth-order valence-corrected chi connectivity index (χ4v) is 2.57. The lowest BCUT2D eigenvalue weighted by Crippen LogP contribution is -2.15. The molecule has 0 aliphatic carbocycles. The van der Waals surface area contributed by atoms with Gasteiger partial charge >= 0.3 is 0 Å². The first-order chi connectivity index (χ1) is 6.68. The van der Waals surface area contributed by atoms with Gasteiger partial charge in [0.2, 0.25) is 0 Å². The van der Waals surface area contributed by atoms with Crippen molar-refractivity contribution < 1.29 is 0 Å². The van der Waals surface area contributed by atoms with E-state index < -0.39 is 0 Å². The third-order valence-electron chi connectivity index (χ3n) is 2.74. The Morgan fingerprint density at radius 2 is 2.29 bits per heavy atom. The lowest BCUT2D eigenvalue weighted by atomic mass is 10.0. The second-order valence-corrected chi connectivity index (χ2v) is 4.30. The van der Waals surface area contributed by atoms with Gasteiger partial charge in [-0.25, -0.2) is 0 Å². The minimum absolute atomic E-state index is 0.413. The highest BCUT2D eigenvalue weighted by Crippen LogP contribution is 2.31. The average molecular weight is 211 g/mol. The molecule has 0 saturated carbocycles. The zero-order chi connectivity index (χ0) is 10.1. The number of nitrogens with zero attached hydrogens (tertiary/aromatic N) is 1. The van der Waals surface area contributed by atoms with Gasteiger partial charge in [-0.1, -0.05) is 11.6 Å². The number of halogens is 1. The summed E-state index contributed by atoms with van der Waals surface area (Å²) in [5, 5.41) is 4.31. The second-order valence-electron chi connectivity index (χ2n) is 3.89. The van der Waals surface area contributed by atoms with Crippen LogP contribution in [0.25, 0.3) is 0 Å². The molecule has 1 saturated heterocycles. The smallest absolute Gasteiger partial charge is 0.0489 e. The van der Waals surface area contributed by atoms with E-state index in [9.17, 15) is 0 Å². The third kappa shape index (κ3) is 1.77. The van der Waals surface area contributed by atoms with E-state index in [0.29, 0.717) is 6.04 Å². The summed E-state index contributed by atoms with van der Waals surface area (Å²) in [6.07, 6.45) is 2.40. The van der Waals surface area contributed by atoms with Gasteiger partial charge in [0.25, 0.3) is 0 Å². The lowest BCUT2D eigenvalue weighted by molar-refractivity contribution is 0.639. The summed E-state index contributed by atoms with van der Waals surface area (Å²) < 4.78 is 0. The van der Waals surface area contributed by atoms with Gasteiger partial charge in [-0.3, -0.25) is 4.98 Å². The summed E-state index contributed by atoms with van der Waals surface area (Å²) in [4.78, 5) is 4.45. The molecule has 0 bridgehead atoms. The molecule has 2 heterocycles. The summed E-state index contributed by atoms with van der Waals surface area (Å²) >= 11 is 6.23. The Morgan fingerprint density at radius 3 is 2.86 bits per heavy atom. The Balaban J connectivity index is 2.40. The molecule has 76 valence electrons. The zero-order valence-electron chi connectivity index (χ0n) is 8.60. The number of hydrogen-bond acceptors (Lipinski definition) is 2. The molecule has 0 radical (unpaired) electrons. The van der Waals surface area contributed by atoms with Gasteiger partial charge in [-0.2, -0.15) is 0 Å². The monoisotopic (exact) mass is 210 g/mol. The van der Waals surface area contributed by atoms with E-state index in [0.717, 1.165) is 23.0 Å². The molecule has 2 nitrogen and oxygen atoms in total. The van der Waals surface area contributed by atoms with Crippen LogP contribution in [-0.4, -0.2) is 11.5 Å². The predicted octanol–water partition coefficient (Wildman–Crippen LogP) is 2.78. The summed E-state index contributed by atoms with van der Waals surface area (Å²) in [6, 6.07) is 2.36. The summed E-state index contributed by atoms with van der Waals surface area (Å²) in [5.41, 5.74) is 3.25. The SMILES string of the molecule is Cc1cc(Cl)c(C2CCCN2)c(C)n1. The number of hydrogen-bond donors (Lipinski definition) is 1. The second kappa shape index (κ2) is 3.87. The molecule has 14 heavy (non-hydrogen) atoms. The van der Waals surface area contributed by atoms with Crippen LogP contribution in [0.5, 0.6) is 0 Å². The molecular formula is C11H15ClN2. The summed E-state index contributed by atoms with van der Waals surface area (Å²) in [5.74, 6) is 0. The molecule has 1 fully saturated rings. The van der Waals surface area contributed by atoms with Crippen LogP contribution in [0.3, 0.4) is 0 Å². The molecule has 1 unspecified atom stereocenters. The molecule has 1 aromatic rings. The molecule has 1 atom stereocenters. The minimum Gasteiger partial charge on any atom is -0.310 e. The molecule has 1 aliphatic rings. The standard InChI is InChI=1S/C11H15ClN2/c1-7-6-9(12)11(8(2)14-7)10-4-3-5-13-10/h6,10,13H,3-5H2,1-2H3. The summed E-state index contributed by atoms with van der Waals surface area (Å²) in [6.45, 7) is 5.10. The van der Waals surface area contributed by atoms with E-state index in [1.165, 1.54) is 18.4 Å². The summed E-state index contributed by atoms with van der Waals surface area (Å²) in [7, 11) is 0. The number of aryl methyl sites for hydroxylation is 2. The predicted molar refractivity (Wildman–Crippen MR) is 58.7 cm³/mol. The normalized spacial score (nSPS) is 21.5. The number of nitrogens with one attached hydrogen (secondary N) is 1. The van der Waals surface area contributed by atoms with E-state index in [4.69, 9.17) is 11.6 Å². The van der Waals surface area contributed by atoms with E-state index in [1.54, 1.807) is 0 Å². The number of aromatic nitrogens is 1. The molecule has 0 aromatic carbocycles. The lowest BCUT2D eigenvalue weighted by Gasteiger charge is -2.15. The Morgan fingerprint density at radius 1 is 1.50 bits per heavy atom. The molecule has 1 aromatic heterocycles. The van der Waals surface area contributed by atoms with Crippen molar-refractivity contribution in [1.82, 2.24) is 10.3 Å². The third-order valence-corrected chi connectivity index (χ3v) is 3.05. The molecular weight excluding hydrogens is 196 g/mol. The molecule has 0 spiro atoms. The Labute approximate surface area is 89.7 Å². The van der Waals surface area contributed by atoms with Crippen molar-refractivity contribution in [2.45, 2.75) is 32.7 Å². The topological polar surface area (TPSA) is 24.9 Å². The fraction of sp³-hybridized carbons (Fsp3) is 0.545. The molecule has 3 heteroatoms. The van der Waals surface area contributed by atoms with Gasteiger partial charge in [0.1, 0.15) is 0 Å². The van der Waals surface area contributed by atoms with Crippen molar-refractivity contribution in [3.8, 4) is 0 Å². The highest BCUT2D eigenvalue weighted by molar-refractivity contribution is 6.31. The zero-order valence-corrected chi connectivity index (χ0v) is 9.36. The van der Waals surface area contributed by atoms with Crippen LogP contribution in [0.4, 0.5) is 0 Å². The Hall–Kier alpha value is -0.600. The average Bonchev–Trinajstić information content (AvgIpc) is 2.54. The van der Waals surface area contributed by atoms with Crippen LogP contribution < -0.4 is 5.32 Å². The Bertz CT molecular complexity index is 320. The largest absolute Gasteiger partial charge is 0.310 e. The van der Waals surface area contributed by atoms with Crippen LogP contribution in [0.1, 0.15) is 35.8 Å². The van der Waals surface area contributed by atoms with Gasteiger partial charge < -0.3 is 5.32 Å². The van der Waals surface area contributed by atoms with Crippen LogP contribution in [0.15, 0.2) is 6.07 Å². The van der Waals surface area contributed by atoms with E-state index in [2.05, 4.69) is 10.3 Å². The first-order valence-corrected chi connectivity index (χ1v) is 5.43. The molecule has 1 N–H and O–H groups in total. The van der Waals surface area contributed by atoms with Crippen molar-refractivity contribution in [2.24, 2.45) is 0 Å². The molecule has 0 amide bonds. The van der Waals surface area contributed by atoms with E-state index in [-0.39, 0.29) is 0 Å². The van der Waals surface area contributed by atoms with Gasteiger partial charge in [0.05, 0.1) is 0 Å². The van der Waals surface area contributed by atoms with Crippen LogP contribution in [0.2, 0.25) is 5.02 Å². The van der Waals surface area contributed by atoms with Crippen molar-refractivity contribution in [1.29, 1.82) is 0 Å². The van der Waals surface area contributed by atoms with Gasteiger partial charge in [-0.15, -0.1) is 0 Å². The minimum atomic E-state index is 0.413. The van der Waals surface area contributed by atoms with Crippen molar-refractivity contribution in [3.63, 3.8) is 0 Å². The first kappa shape index (κ1) is 9.94. The van der Waals surface area contributed by atoms with Crippen molar-refractivity contribution in [3.05, 3.63) is 28.0 Å². The number of pyridine rings is 1. The maximum Gasteiger partial charge on any atom is 0.0489 e. The molecule has 1 aliphatic heterocycles. The quantitative estimate of drug-likeness (QED) is 0.771. The highest BCUT2D eigenvalue weighted by Gasteiger charge is 2.21. The number of rotatable bonds is 1. The van der Waals surface area contributed by atoms with Gasteiger partial charge in [0.15, 0.2) is 0 Å². The van der Waals surface area contributed by atoms with Crippen LogP contribution >= 0.6 is 11.6 Å². The van der Waals surface area contributed by atoms with E-state index in [1.807, 2.05) is 19.9 Å². The fourth-order valence-electron chi connectivity index (χ4n) is 2.14. The van der Waals surface area contributed by atoms with Crippen molar-refractivity contribution >= 4 is 11.6 Å². The van der Waals surface area contributed by atoms with Crippen LogP contribution in [0, 0.1) is 13.8 Å². The van der Waals surface area contributed by atoms with Crippen LogP contribution in [-0.2, 0) is 0 Å². The van der Waals surface area contributed by atoms with Gasteiger partial charge in [0, 0.05) is 28.0 Å². The first-order valence-electron chi connectivity index (χ1n) is 5.05. The maximum atomic E-state index is 6.23.